The third kappa shape index (κ3) is 2.42. The molecule has 0 spiro atoms. The zero-order valence-corrected chi connectivity index (χ0v) is 9.91. The third-order valence-electron chi connectivity index (χ3n) is 2.74. The highest BCUT2D eigenvalue weighted by atomic mass is 19.2. The fraction of sp³-hybridized carbons (Fsp3) is 0.143. The van der Waals surface area contributed by atoms with E-state index in [1.54, 1.807) is 18.2 Å². The topological polar surface area (TPSA) is 35.2 Å². The van der Waals surface area contributed by atoms with Crippen LogP contribution in [-0.2, 0) is 6.61 Å². The molecular weight excluding hydrogens is 236 g/mol. The molecular formula is C14H13F2NO. The van der Waals surface area contributed by atoms with Crippen LogP contribution in [0.4, 0.5) is 14.5 Å². The summed E-state index contributed by atoms with van der Waals surface area (Å²) in [6.45, 7) is 1.78. The maximum atomic E-state index is 13.4. The Hall–Kier alpha value is -2.10. The van der Waals surface area contributed by atoms with Gasteiger partial charge in [-0.1, -0.05) is 18.2 Å². The average Bonchev–Trinajstić information content (AvgIpc) is 2.36. The smallest absolute Gasteiger partial charge is 0.165 e. The van der Waals surface area contributed by atoms with Gasteiger partial charge in [-0.25, -0.2) is 8.78 Å². The molecule has 0 fully saturated rings. The van der Waals surface area contributed by atoms with Gasteiger partial charge in [0.2, 0.25) is 0 Å². The first-order valence-electron chi connectivity index (χ1n) is 5.50. The predicted octanol–water partition coefficient (Wildman–Crippen LogP) is 3.43. The van der Waals surface area contributed by atoms with Gasteiger partial charge in [0.25, 0.3) is 0 Å². The number of nitrogens with two attached hydrogens (primary N) is 1. The van der Waals surface area contributed by atoms with Gasteiger partial charge in [0.1, 0.15) is 12.4 Å². The van der Waals surface area contributed by atoms with Gasteiger partial charge in [-0.15, -0.1) is 0 Å². The summed E-state index contributed by atoms with van der Waals surface area (Å²) in [6.07, 6.45) is 0. The SMILES string of the molecule is Cc1c(N)cccc1OCc1cccc(F)c1F. The van der Waals surface area contributed by atoms with Crippen LogP contribution in [0.5, 0.6) is 5.75 Å². The highest BCUT2D eigenvalue weighted by Gasteiger charge is 2.09. The molecule has 0 amide bonds. The Labute approximate surface area is 104 Å². The van der Waals surface area contributed by atoms with Crippen LogP contribution in [0.15, 0.2) is 36.4 Å². The molecule has 0 heterocycles. The first-order valence-corrected chi connectivity index (χ1v) is 5.50. The maximum absolute atomic E-state index is 13.4. The van der Waals surface area contributed by atoms with Gasteiger partial charge in [-0.2, -0.15) is 0 Å². The molecule has 2 N–H and O–H groups in total. The lowest BCUT2D eigenvalue weighted by atomic mass is 10.2. The van der Waals surface area contributed by atoms with Crippen molar-refractivity contribution < 1.29 is 13.5 Å². The van der Waals surface area contributed by atoms with Crippen LogP contribution in [0.1, 0.15) is 11.1 Å². The molecule has 0 aliphatic heterocycles. The van der Waals surface area contributed by atoms with E-state index in [1.165, 1.54) is 12.1 Å². The molecule has 0 aliphatic rings. The van der Waals surface area contributed by atoms with Crippen LogP contribution >= 0.6 is 0 Å². The Morgan fingerprint density at radius 3 is 2.61 bits per heavy atom. The summed E-state index contributed by atoms with van der Waals surface area (Å²) in [7, 11) is 0. The Balaban J connectivity index is 2.17. The van der Waals surface area contributed by atoms with Crippen molar-refractivity contribution in [2.75, 3.05) is 5.73 Å². The quantitative estimate of drug-likeness (QED) is 0.846. The molecule has 0 aromatic heterocycles. The van der Waals surface area contributed by atoms with E-state index in [1.807, 2.05) is 6.92 Å². The minimum atomic E-state index is -0.876. The number of rotatable bonds is 3. The number of nitrogen functional groups attached to an aromatic ring is 1. The Bertz CT molecular complexity index is 518. The van der Waals surface area contributed by atoms with E-state index in [-0.39, 0.29) is 12.2 Å². The van der Waals surface area contributed by atoms with Crippen molar-refractivity contribution in [1.29, 1.82) is 0 Å². The van der Waals surface area contributed by atoms with Crippen LogP contribution in [-0.4, -0.2) is 0 Å². The van der Waals surface area contributed by atoms with Gasteiger partial charge in [-0.3, -0.25) is 0 Å². The molecule has 0 saturated heterocycles. The number of benzene rings is 2. The molecule has 2 aromatic carbocycles. The molecule has 0 aliphatic carbocycles. The minimum absolute atomic E-state index is 0.0338. The Morgan fingerprint density at radius 1 is 1.11 bits per heavy atom. The number of halogens is 2. The van der Waals surface area contributed by atoms with Crippen LogP contribution in [0.3, 0.4) is 0 Å². The summed E-state index contributed by atoms with van der Waals surface area (Å²) in [5.74, 6) is -1.18. The third-order valence-corrected chi connectivity index (χ3v) is 2.74. The van der Waals surface area contributed by atoms with Crippen molar-refractivity contribution in [1.82, 2.24) is 0 Å². The van der Waals surface area contributed by atoms with E-state index in [0.29, 0.717) is 11.4 Å². The summed E-state index contributed by atoms with van der Waals surface area (Å²) >= 11 is 0. The minimum Gasteiger partial charge on any atom is -0.488 e. The molecule has 0 bridgehead atoms. The van der Waals surface area contributed by atoms with Crippen LogP contribution in [0.25, 0.3) is 0 Å². The monoisotopic (exact) mass is 249 g/mol. The van der Waals surface area contributed by atoms with Crippen molar-refractivity contribution in [2.24, 2.45) is 0 Å². The van der Waals surface area contributed by atoms with Gasteiger partial charge in [0, 0.05) is 16.8 Å². The molecule has 0 unspecified atom stereocenters. The molecule has 18 heavy (non-hydrogen) atoms. The number of hydrogen-bond acceptors (Lipinski definition) is 2. The van der Waals surface area contributed by atoms with Crippen LogP contribution < -0.4 is 10.5 Å². The van der Waals surface area contributed by atoms with Crippen LogP contribution in [0, 0.1) is 18.6 Å². The van der Waals surface area contributed by atoms with Crippen molar-refractivity contribution in [3.05, 3.63) is 59.2 Å². The zero-order chi connectivity index (χ0) is 13.1. The zero-order valence-electron chi connectivity index (χ0n) is 9.91. The fourth-order valence-electron chi connectivity index (χ4n) is 1.60. The van der Waals surface area contributed by atoms with Crippen molar-refractivity contribution >= 4 is 5.69 Å². The van der Waals surface area contributed by atoms with Crippen molar-refractivity contribution in [3.8, 4) is 5.75 Å². The number of hydrogen-bond donors (Lipinski definition) is 1. The Morgan fingerprint density at radius 2 is 1.83 bits per heavy atom. The standard InChI is InChI=1S/C14H13F2NO/c1-9-12(17)6-3-7-13(9)18-8-10-4-2-5-11(15)14(10)16/h2-7H,8,17H2,1H3. The second kappa shape index (κ2) is 5.04. The van der Waals surface area contributed by atoms with Crippen LogP contribution in [0.2, 0.25) is 0 Å². The molecule has 2 nitrogen and oxygen atoms in total. The van der Waals surface area contributed by atoms with Crippen molar-refractivity contribution in [2.45, 2.75) is 13.5 Å². The highest BCUT2D eigenvalue weighted by Crippen LogP contribution is 2.24. The lowest BCUT2D eigenvalue weighted by Gasteiger charge is -2.11. The lowest BCUT2D eigenvalue weighted by Crippen LogP contribution is -2.02. The number of ether oxygens (including phenoxy) is 1. The largest absolute Gasteiger partial charge is 0.488 e. The summed E-state index contributed by atoms with van der Waals surface area (Å²) in [4.78, 5) is 0. The second-order valence-corrected chi connectivity index (χ2v) is 3.97. The van der Waals surface area contributed by atoms with E-state index in [4.69, 9.17) is 10.5 Å². The summed E-state index contributed by atoms with van der Waals surface area (Å²) in [6, 6.07) is 9.25. The summed E-state index contributed by atoms with van der Waals surface area (Å²) in [5.41, 5.74) is 7.30. The van der Waals surface area contributed by atoms with Gasteiger partial charge < -0.3 is 10.5 Å². The fourth-order valence-corrected chi connectivity index (χ4v) is 1.60. The first kappa shape index (κ1) is 12.4. The maximum Gasteiger partial charge on any atom is 0.165 e. The van der Waals surface area contributed by atoms with Crippen molar-refractivity contribution in [3.63, 3.8) is 0 Å². The normalized spacial score (nSPS) is 10.4. The van der Waals surface area contributed by atoms with Gasteiger partial charge in [0.15, 0.2) is 11.6 Å². The van der Waals surface area contributed by atoms with E-state index in [0.717, 1.165) is 11.6 Å². The highest BCUT2D eigenvalue weighted by molar-refractivity contribution is 5.53. The average molecular weight is 249 g/mol. The summed E-state index contributed by atoms with van der Waals surface area (Å²) < 4.78 is 31.9. The summed E-state index contributed by atoms with van der Waals surface area (Å²) in [5, 5.41) is 0. The van der Waals surface area contributed by atoms with Gasteiger partial charge in [-0.05, 0) is 25.1 Å². The molecule has 2 aromatic rings. The van der Waals surface area contributed by atoms with E-state index in [2.05, 4.69) is 0 Å². The molecule has 0 radical (unpaired) electrons. The van der Waals surface area contributed by atoms with E-state index < -0.39 is 11.6 Å². The number of anilines is 1. The predicted molar refractivity (Wildman–Crippen MR) is 66.3 cm³/mol. The van der Waals surface area contributed by atoms with E-state index >= 15 is 0 Å². The van der Waals surface area contributed by atoms with Gasteiger partial charge in [0.05, 0.1) is 0 Å². The second-order valence-electron chi connectivity index (χ2n) is 3.97. The van der Waals surface area contributed by atoms with E-state index in [9.17, 15) is 8.78 Å². The first-order chi connectivity index (χ1) is 8.59. The molecule has 94 valence electrons. The Kier molecular flexibility index (Phi) is 3.46. The van der Waals surface area contributed by atoms with Gasteiger partial charge >= 0.3 is 0 Å². The molecule has 4 heteroatoms. The lowest BCUT2D eigenvalue weighted by molar-refractivity contribution is 0.295. The molecule has 2 rings (SSSR count). The molecule has 0 atom stereocenters. The molecule has 0 saturated carbocycles.